The summed E-state index contributed by atoms with van der Waals surface area (Å²) in [5, 5.41) is 11.0. The maximum absolute atomic E-state index is 11.4. The number of hydrogen-bond donors (Lipinski definition) is 1. The molecule has 0 aromatic heterocycles. The van der Waals surface area contributed by atoms with Crippen LogP contribution in [-0.2, 0) is 9.22 Å². The van der Waals surface area contributed by atoms with Crippen LogP contribution < -0.4 is 0 Å². The molecule has 0 aliphatic heterocycles. The summed E-state index contributed by atoms with van der Waals surface area (Å²) in [7, 11) is -1.87. The predicted octanol–water partition coefficient (Wildman–Crippen LogP) is 4.71. The fourth-order valence-electron chi connectivity index (χ4n) is 3.38. The van der Waals surface area contributed by atoms with E-state index in [0.29, 0.717) is 6.42 Å². The Labute approximate surface area is 143 Å². The van der Waals surface area contributed by atoms with Crippen molar-refractivity contribution in [1.82, 2.24) is 0 Å². The number of ketones is 1. The highest BCUT2D eigenvalue weighted by Crippen LogP contribution is 2.50. The summed E-state index contributed by atoms with van der Waals surface area (Å²) in [4.78, 5) is 11.4. The minimum absolute atomic E-state index is 0.0176. The molecular formula is C19H36O3Si. The van der Waals surface area contributed by atoms with Gasteiger partial charge in [-0.1, -0.05) is 40.7 Å². The molecule has 0 unspecified atom stereocenters. The van der Waals surface area contributed by atoms with E-state index in [9.17, 15) is 9.90 Å². The largest absolute Gasteiger partial charge is 0.413 e. The molecule has 23 heavy (non-hydrogen) atoms. The summed E-state index contributed by atoms with van der Waals surface area (Å²) < 4.78 is 6.70. The fraction of sp³-hybridized carbons (Fsp3) is 0.842. The first-order valence-electron chi connectivity index (χ1n) is 8.70. The molecule has 1 fully saturated rings. The summed E-state index contributed by atoms with van der Waals surface area (Å²) in [6.45, 7) is 19.0. The summed E-state index contributed by atoms with van der Waals surface area (Å²) in [5.41, 5.74) is -1.02. The Kier molecular flexibility index (Phi) is 5.78. The van der Waals surface area contributed by atoms with Gasteiger partial charge in [0.2, 0.25) is 0 Å². The van der Waals surface area contributed by atoms with E-state index in [1.807, 2.05) is 13.0 Å². The third-order valence-corrected chi connectivity index (χ3v) is 10.5. The van der Waals surface area contributed by atoms with Gasteiger partial charge in [-0.05, 0) is 56.3 Å². The van der Waals surface area contributed by atoms with Crippen molar-refractivity contribution in [3.63, 3.8) is 0 Å². The first-order valence-corrected chi connectivity index (χ1v) is 11.6. The second kappa shape index (κ2) is 6.45. The standard InChI is InChI=1S/C19H36O3Si/c1-14(20)10-11-15-18(5,6)16(12-13-19(15,7)21)22-23(8,9)17(2,3)4/h10-11,15-16,21H,12-13H2,1-9H3/b11-10+/t15-,16-,19+/m1/s1. The van der Waals surface area contributed by atoms with Gasteiger partial charge >= 0.3 is 0 Å². The lowest BCUT2D eigenvalue weighted by Gasteiger charge is -2.54. The molecule has 134 valence electrons. The molecular weight excluding hydrogens is 304 g/mol. The summed E-state index contributed by atoms with van der Waals surface area (Å²) >= 11 is 0. The van der Waals surface area contributed by atoms with Crippen molar-refractivity contribution in [2.75, 3.05) is 0 Å². The zero-order valence-corrected chi connectivity index (χ0v) is 17.5. The molecule has 0 amide bonds. The molecule has 0 spiro atoms. The van der Waals surface area contributed by atoms with Gasteiger partial charge in [0.25, 0.3) is 0 Å². The smallest absolute Gasteiger partial charge is 0.192 e. The SMILES string of the molecule is CC(=O)/C=C/[C@@H]1C(C)(C)[C@H](O[Si](C)(C)C(C)(C)C)CC[C@]1(C)O. The molecule has 3 atom stereocenters. The molecule has 3 nitrogen and oxygen atoms in total. The third-order valence-electron chi connectivity index (χ3n) is 5.98. The number of hydrogen-bond acceptors (Lipinski definition) is 3. The molecule has 0 bridgehead atoms. The lowest BCUT2D eigenvalue weighted by molar-refractivity contribution is -0.120. The normalized spacial score (nSPS) is 32.3. The van der Waals surface area contributed by atoms with Crippen LogP contribution in [0.4, 0.5) is 0 Å². The van der Waals surface area contributed by atoms with Crippen LogP contribution in [0.15, 0.2) is 12.2 Å². The maximum atomic E-state index is 11.4. The van der Waals surface area contributed by atoms with Gasteiger partial charge in [0, 0.05) is 5.92 Å². The number of allylic oxidation sites excluding steroid dienone is 1. The summed E-state index contributed by atoms with van der Waals surface area (Å²) in [6, 6.07) is 0. The zero-order chi connectivity index (χ0) is 18.3. The topological polar surface area (TPSA) is 46.5 Å². The second-order valence-corrected chi connectivity index (χ2v) is 14.3. The van der Waals surface area contributed by atoms with E-state index in [1.165, 1.54) is 0 Å². The van der Waals surface area contributed by atoms with Gasteiger partial charge in [0.1, 0.15) is 0 Å². The highest BCUT2D eigenvalue weighted by atomic mass is 28.4. The van der Waals surface area contributed by atoms with Gasteiger partial charge < -0.3 is 9.53 Å². The molecule has 0 heterocycles. The van der Waals surface area contributed by atoms with Crippen LogP contribution in [0.2, 0.25) is 18.1 Å². The number of carbonyl (C=O) groups excluding carboxylic acids is 1. The Morgan fingerprint density at radius 2 is 1.78 bits per heavy atom. The molecule has 4 heteroatoms. The van der Waals surface area contributed by atoms with Crippen LogP contribution in [0.25, 0.3) is 0 Å². The molecule has 0 aromatic carbocycles. The van der Waals surface area contributed by atoms with Gasteiger partial charge in [-0.3, -0.25) is 4.79 Å². The van der Waals surface area contributed by atoms with Crippen LogP contribution in [-0.4, -0.2) is 30.9 Å². The van der Waals surface area contributed by atoms with Gasteiger partial charge in [0.05, 0.1) is 11.7 Å². The number of rotatable bonds is 4. The molecule has 0 saturated heterocycles. The van der Waals surface area contributed by atoms with Crippen molar-refractivity contribution in [3.05, 3.63) is 12.2 Å². The van der Waals surface area contributed by atoms with Crippen LogP contribution in [0.3, 0.4) is 0 Å². The minimum Gasteiger partial charge on any atom is -0.413 e. The average molecular weight is 341 g/mol. The average Bonchev–Trinajstić information content (AvgIpc) is 2.30. The van der Waals surface area contributed by atoms with Gasteiger partial charge in [-0.2, -0.15) is 0 Å². The van der Waals surface area contributed by atoms with Crippen molar-refractivity contribution >= 4 is 14.1 Å². The zero-order valence-electron chi connectivity index (χ0n) is 16.5. The first kappa shape index (κ1) is 20.6. The Balaban J connectivity index is 3.12. The highest BCUT2D eigenvalue weighted by molar-refractivity contribution is 6.74. The molecule has 1 saturated carbocycles. The van der Waals surface area contributed by atoms with Crippen molar-refractivity contribution in [3.8, 4) is 0 Å². The van der Waals surface area contributed by atoms with Gasteiger partial charge in [-0.15, -0.1) is 0 Å². The lowest BCUT2D eigenvalue weighted by Crippen LogP contribution is -2.57. The van der Waals surface area contributed by atoms with E-state index in [4.69, 9.17) is 4.43 Å². The van der Waals surface area contributed by atoms with Gasteiger partial charge in [0.15, 0.2) is 14.1 Å². The Morgan fingerprint density at radius 1 is 1.26 bits per heavy atom. The Morgan fingerprint density at radius 3 is 2.22 bits per heavy atom. The van der Waals surface area contributed by atoms with Crippen LogP contribution >= 0.6 is 0 Å². The predicted molar refractivity (Wildman–Crippen MR) is 99.0 cm³/mol. The second-order valence-electron chi connectivity index (χ2n) is 9.53. The lowest BCUT2D eigenvalue weighted by atomic mass is 9.60. The van der Waals surface area contributed by atoms with Crippen molar-refractivity contribution < 1.29 is 14.3 Å². The van der Waals surface area contributed by atoms with Crippen LogP contribution in [0.1, 0.15) is 61.3 Å². The first-order chi connectivity index (χ1) is 10.1. The van der Waals surface area contributed by atoms with E-state index >= 15 is 0 Å². The van der Waals surface area contributed by atoms with E-state index in [-0.39, 0.29) is 28.3 Å². The summed E-state index contributed by atoms with van der Waals surface area (Å²) in [6.07, 6.45) is 5.14. The number of carbonyl (C=O) groups is 1. The van der Waals surface area contributed by atoms with Crippen molar-refractivity contribution in [2.24, 2.45) is 11.3 Å². The molecule has 0 aromatic rings. The van der Waals surface area contributed by atoms with E-state index in [0.717, 1.165) is 6.42 Å². The number of aliphatic hydroxyl groups is 1. The van der Waals surface area contributed by atoms with Crippen molar-refractivity contribution in [1.29, 1.82) is 0 Å². The molecule has 1 aliphatic rings. The van der Waals surface area contributed by atoms with Crippen molar-refractivity contribution in [2.45, 2.75) is 91.1 Å². The fourth-order valence-corrected chi connectivity index (χ4v) is 4.87. The molecule has 1 rings (SSSR count). The van der Waals surface area contributed by atoms with Crippen LogP contribution in [0, 0.1) is 11.3 Å². The Bertz CT molecular complexity index is 469. The quantitative estimate of drug-likeness (QED) is 0.595. The van der Waals surface area contributed by atoms with Gasteiger partial charge in [-0.25, -0.2) is 0 Å². The highest BCUT2D eigenvalue weighted by Gasteiger charge is 2.52. The molecule has 1 N–H and O–H groups in total. The van der Waals surface area contributed by atoms with Crippen LogP contribution in [0.5, 0.6) is 0 Å². The Hall–Kier alpha value is -0.453. The molecule has 0 radical (unpaired) electrons. The summed E-state index contributed by atoms with van der Waals surface area (Å²) in [5.74, 6) is -0.0774. The third kappa shape index (κ3) is 4.55. The minimum atomic E-state index is -1.87. The van der Waals surface area contributed by atoms with E-state index in [1.54, 1.807) is 13.0 Å². The van der Waals surface area contributed by atoms with E-state index < -0.39 is 13.9 Å². The van der Waals surface area contributed by atoms with E-state index in [2.05, 4.69) is 47.7 Å². The maximum Gasteiger partial charge on any atom is 0.192 e. The molecule has 1 aliphatic carbocycles. The monoisotopic (exact) mass is 340 g/mol.